The number of alkyl halides is 1. The van der Waals surface area contributed by atoms with Crippen LogP contribution in [0.3, 0.4) is 0 Å². The number of halogens is 1. The molecule has 0 unspecified atom stereocenters. The SMILES string of the molecule is O=S(=O)(NN(CCI)S(=O)(=O)c1ccccc1)c1ccccc1. The van der Waals surface area contributed by atoms with E-state index in [9.17, 15) is 16.8 Å². The summed E-state index contributed by atoms with van der Waals surface area (Å²) in [6.45, 7) is 0.0177. The molecule has 2 aromatic rings. The van der Waals surface area contributed by atoms with Gasteiger partial charge in [0.05, 0.1) is 9.79 Å². The lowest BCUT2D eigenvalue weighted by molar-refractivity contribution is 0.395. The van der Waals surface area contributed by atoms with E-state index >= 15 is 0 Å². The van der Waals surface area contributed by atoms with Crippen LogP contribution in [0.15, 0.2) is 70.5 Å². The minimum Gasteiger partial charge on any atom is -0.206 e. The maximum absolute atomic E-state index is 12.6. The molecule has 0 heterocycles. The zero-order valence-corrected chi connectivity index (χ0v) is 15.8. The lowest BCUT2D eigenvalue weighted by atomic mass is 10.4. The van der Waals surface area contributed by atoms with Crippen molar-refractivity contribution < 1.29 is 16.8 Å². The topological polar surface area (TPSA) is 83.6 Å². The molecule has 23 heavy (non-hydrogen) atoms. The van der Waals surface area contributed by atoms with Gasteiger partial charge < -0.3 is 0 Å². The summed E-state index contributed by atoms with van der Waals surface area (Å²) < 4.78 is 51.2. The van der Waals surface area contributed by atoms with Crippen molar-refractivity contribution >= 4 is 42.6 Å². The Hall–Kier alpha value is -1.01. The monoisotopic (exact) mass is 466 g/mol. The van der Waals surface area contributed by atoms with Crippen molar-refractivity contribution in [2.45, 2.75) is 9.79 Å². The minimum absolute atomic E-state index is 0.00159. The van der Waals surface area contributed by atoms with Crippen LogP contribution >= 0.6 is 22.6 Å². The van der Waals surface area contributed by atoms with E-state index in [-0.39, 0.29) is 16.3 Å². The molecular weight excluding hydrogens is 451 g/mol. The average Bonchev–Trinajstić information content (AvgIpc) is 2.56. The van der Waals surface area contributed by atoms with Gasteiger partial charge >= 0.3 is 0 Å². The molecule has 0 fully saturated rings. The summed E-state index contributed by atoms with van der Waals surface area (Å²) in [5.41, 5.74) is 0. The molecule has 0 atom stereocenters. The zero-order chi connectivity index (χ0) is 16.9. The summed E-state index contributed by atoms with van der Waals surface area (Å²) >= 11 is 1.99. The van der Waals surface area contributed by atoms with Gasteiger partial charge in [-0.3, -0.25) is 0 Å². The van der Waals surface area contributed by atoms with E-state index in [1.165, 1.54) is 24.3 Å². The molecule has 0 aliphatic heterocycles. The molecule has 0 saturated carbocycles. The molecule has 6 nitrogen and oxygen atoms in total. The minimum atomic E-state index is -3.98. The fraction of sp³-hybridized carbons (Fsp3) is 0.143. The van der Waals surface area contributed by atoms with Crippen molar-refractivity contribution in [3.63, 3.8) is 0 Å². The van der Waals surface area contributed by atoms with Gasteiger partial charge in [0.2, 0.25) is 0 Å². The highest BCUT2D eigenvalue weighted by Gasteiger charge is 2.28. The molecule has 0 aliphatic rings. The first-order valence-electron chi connectivity index (χ1n) is 6.59. The summed E-state index contributed by atoms with van der Waals surface area (Å²) in [6.07, 6.45) is 0. The van der Waals surface area contributed by atoms with Crippen molar-refractivity contribution in [2.75, 3.05) is 11.0 Å². The van der Waals surface area contributed by atoms with Crippen molar-refractivity contribution in [1.29, 1.82) is 0 Å². The molecule has 0 saturated heterocycles. The molecule has 0 bridgehead atoms. The normalized spacial score (nSPS) is 12.4. The molecule has 0 aromatic heterocycles. The average molecular weight is 466 g/mol. The molecule has 124 valence electrons. The predicted molar refractivity (Wildman–Crippen MR) is 96.0 cm³/mol. The highest BCUT2D eigenvalue weighted by molar-refractivity contribution is 14.1. The Morgan fingerprint density at radius 2 is 1.30 bits per heavy atom. The summed E-state index contributed by atoms with van der Waals surface area (Å²) in [7, 11) is -7.95. The van der Waals surface area contributed by atoms with Crippen LogP contribution < -0.4 is 4.83 Å². The van der Waals surface area contributed by atoms with E-state index in [1.807, 2.05) is 22.6 Å². The molecule has 1 N–H and O–H groups in total. The van der Waals surface area contributed by atoms with Crippen LogP contribution in [0.5, 0.6) is 0 Å². The van der Waals surface area contributed by atoms with E-state index in [2.05, 4.69) is 4.83 Å². The Kier molecular flexibility index (Phi) is 6.14. The quantitative estimate of drug-likeness (QED) is 0.385. The molecule has 0 aliphatic carbocycles. The van der Waals surface area contributed by atoms with Gasteiger partial charge in [-0.2, -0.15) is 0 Å². The Labute approximate surface area is 149 Å². The fourth-order valence-electron chi connectivity index (χ4n) is 1.80. The second-order valence-electron chi connectivity index (χ2n) is 4.49. The number of benzene rings is 2. The highest BCUT2D eigenvalue weighted by Crippen LogP contribution is 2.16. The summed E-state index contributed by atoms with van der Waals surface area (Å²) in [6, 6.07) is 15.3. The van der Waals surface area contributed by atoms with Crippen molar-refractivity contribution in [3.8, 4) is 0 Å². The maximum atomic E-state index is 12.6. The number of nitrogens with zero attached hydrogens (tertiary/aromatic N) is 1. The number of nitrogens with one attached hydrogen (secondary N) is 1. The van der Waals surface area contributed by atoms with Gasteiger partial charge in [0.25, 0.3) is 20.0 Å². The van der Waals surface area contributed by atoms with Crippen LogP contribution in [-0.2, 0) is 20.0 Å². The Morgan fingerprint density at radius 1 is 0.826 bits per heavy atom. The Balaban J connectivity index is 2.37. The van der Waals surface area contributed by atoms with E-state index in [0.29, 0.717) is 4.43 Å². The summed E-state index contributed by atoms with van der Waals surface area (Å²) in [4.78, 5) is 2.19. The molecule has 2 rings (SSSR count). The lowest BCUT2D eigenvalue weighted by Gasteiger charge is -2.22. The third-order valence-corrected chi connectivity index (χ3v) is 6.57. The van der Waals surface area contributed by atoms with Gasteiger partial charge in [0.15, 0.2) is 0 Å². The lowest BCUT2D eigenvalue weighted by Crippen LogP contribution is -2.46. The molecule has 2 aromatic carbocycles. The van der Waals surface area contributed by atoms with Crippen LogP contribution in [0.1, 0.15) is 0 Å². The van der Waals surface area contributed by atoms with Gasteiger partial charge in [-0.25, -0.2) is 16.8 Å². The number of hydrogen-bond donors (Lipinski definition) is 1. The molecule has 0 radical (unpaired) electrons. The molecule has 0 amide bonds. The summed E-state index contributed by atoms with van der Waals surface area (Å²) in [5.74, 6) is 0. The molecule has 0 spiro atoms. The van der Waals surface area contributed by atoms with Gasteiger partial charge in [-0.05, 0) is 24.3 Å². The molecular formula is C14H15IN2O4S2. The van der Waals surface area contributed by atoms with Gasteiger partial charge in [0, 0.05) is 11.0 Å². The van der Waals surface area contributed by atoms with E-state index < -0.39 is 20.0 Å². The van der Waals surface area contributed by atoms with Crippen LogP contribution in [0.25, 0.3) is 0 Å². The number of rotatable bonds is 7. The van der Waals surface area contributed by atoms with Gasteiger partial charge in [0.1, 0.15) is 0 Å². The van der Waals surface area contributed by atoms with E-state index in [4.69, 9.17) is 0 Å². The van der Waals surface area contributed by atoms with Crippen LogP contribution in [0.4, 0.5) is 0 Å². The highest BCUT2D eigenvalue weighted by atomic mass is 127. The number of hydrogen-bond acceptors (Lipinski definition) is 4. The maximum Gasteiger partial charge on any atom is 0.256 e. The predicted octanol–water partition coefficient (Wildman–Crippen LogP) is 2.01. The van der Waals surface area contributed by atoms with Gasteiger partial charge in [-0.1, -0.05) is 59.0 Å². The Morgan fingerprint density at radius 3 is 1.78 bits per heavy atom. The summed E-state index contributed by atoms with van der Waals surface area (Å²) in [5, 5.41) is 0. The molecule has 9 heteroatoms. The first kappa shape index (κ1) is 18.3. The largest absolute Gasteiger partial charge is 0.256 e. The van der Waals surface area contributed by atoms with Crippen LogP contribution in [0.2, 0.25) is 0 Å². The third-order valence-electron chi connectivity index (χ3n) is 2.89. The van der Waals surface area contributed by atoms with E-state index in [0.717, 1.165) is 4.41 Å². The Bertz CT molecular complexity index is 841. The smallest absolute Gasteiger partial charge is 0.206 e. The van der Waals surface area contributed by atoms with Crippen LogP contribution in [0, 0.1) is 0 Å². The standard InChI is InChI=1S/C14H15IN2O4S2/c15-11-12-17(23(20,21)14-9-5-2-6-10-14)16-22(18,19)13-7-3-1-4-8-13/h1-10,16H,11-12H2. The van der Waals surface area contributed by atoms with E-state index in [1.54, 1.807) is 36.4 Å². The van der Waals surface area contributed by atoms with Crippen molar-refractivity contribution in [3.05, 3.63) is 60.7 Å². The van der Waals surface area contributed by atoms with Crippen LogP contribution in [-0.4, -0.2) is 32.2 Å². The van der Waals surface area contributed by atoms with Crippen molar-refractivity contribution in [2.24, 2.45) is 0 Å². The zero-order valence-electron chi connectivity index (χ0n) is 12.0. The van der Waals surface area contributed by atoms with Gasteiger partial charge in [-0.15, -0.1) is 9.25 Å². The second kappa shape index (κ2) is 7.71. The first-order chi connectivity index (χ1) is 10.9. The third kappa shape index (κ3) is 4.51. The van der Waals surface area contributed by atoms with Crippen molar-refractivity contribution in [1.82, 2.24) is 9.25 Å². The second-order valence-corrected chi connectivity index (χ2v) is 9.09. The fourth-order valence-corrected chi connectivity index (χ4v) is 5.36. The number of sulfonamides is 2. The number of hydrazine groups is 1. The first-order valence-corrected chi connectivity index (χ1v) is 11.0.